The van der Waals surface area contributed by atoms with Crippen LogP contribution in [-0.2, 0) is 0 Å². The number of hydrogen-bond acceptors (Lipinski definition) is 3. The van der Waals surface area contributed by atoms with Crippen molar-refractivity contribution in [2.75, 3.05) is 0 Å². The number of aromatic nitrogens is 2. The molecule has 0 aliphatic rings. The van der Waals surface area contributed by atoms with Crippen molar-refractivity contribution in [1.29, 1.82) is 0 Å². The minimum Gasteiger partial charge on any atom is -0.438 e. The largest absolute Gasteiger partial charge is 0.438 e. The maximum Gasteiger partial charge on any atom is 0.254 e. The molecule has 82 valence electrons. The molecule has 0 saturated carbocycles. The Bertz CT molecular complexity index is 566. The number of hydrogen-bond donors (Lipinski definition) is 1. The highest BCUT2D eigenvalue weighted by Gasteiger charge is 2.03. The monoisotopic (exact) mass is 220 g/mol. The quantitative estimate of drug-likeness (QED) is 0.842. The summed E-state index contributed by atoms with van der Waals surface area (Å²) < 4.78 is 18.2. The van der Waals surface area contributed by atoms with Crippen LogP contribution in [-0.4, -0.2) is 9.97 Å². The zero-order chi connectivity index (χ0) is 11.5. The third-order valence-electron chi connectivity index (χ3n) is 2.00. The third-order valence-corrected chi connectivity index (χ3v) is 2.00. The van der Waals surface area contributed by atoms with Crippen molar-refractivity contribution in [3.8, 4) is 11.6 Å². The fourth-order valence-corrected chi connectivity index (χ4v) is 1.25. The van der Waals surface area contributed by atoms with Crippen LogP contribution in [0.3, 0.4) is 0 Å². The van der Waals surface area contributed by atoms with Crippen LogP contribution in [0.25, 0.3) is 0 Å². The van der Waals surface area contributed by atoms with E-state index in [1.165, 1.54) is 30.6 Å². The van der Waals surface area contributed by atoms with E-state index in [-0.39, 0.29) is 17.3 Å². The molecule has 0 amide bonds. The van der Waals surface area contributed by atoms with Gasteiger partial charge < -0.3 is 9.72 Å². The predicted molar refractivity (Wildman–Crippen MR) is 56.1 cm³/mol. The number of aryl methyl sites for hydroxylation is 1. The van der Waals surface area contributed by atoms with Crippen molar-refractivity contribution < 1.29 is 9.13 Å². The highest BCUT2D eigenvalue weighted by atomic mass is 19.1. The molecular formula is C11H9FN2O2. The molecule has 16 heavy (non-hydrogen) atoms. The van der Waals surface area contributed by atoms with E-state index in [4.69, 9.17) is 4.74 Å². The van der Waals surface area contributed by atoms with Crippen molar-refractivity contribution in [1.82, 2.24) is 9.97 Å². The standard InChI is InChI=1S/C11H9FN2O2/c1-7-4-8(12)2-3-9(7)16-11-5-10(15)13-6-14-11/h2-6H,1H3,(H,13,14,15). The van der Waals surface area contributed by atoms with E-state index in [1.54, 1.807) is 6.92 Å². The molecule has 0 radical (unpaired) electrons. The summed E-state index contributed by atoms with van der Waals surface area (Å²) in [5, 5.41) is 0. The van der Waals surface area contributed by atoms with Gasteiger partial charge in [0.15, 0.2) is 0 Å². The number of H-pyrrole nitrogens is 1. The SMILES string of the molecule is Cc1cc(F)ccc1Oc1cc(=O)[nH]cn1. The molecule has 1 heterocycles. The Labute approximate surface area is 90.7 Å². The molecule has 2 rings (SSSR count). The smallest absolute Gasteiger partial charge is 0.254 e. The van der Waals surface area contributed by atoms with Gasteiger partial charge in [-0.25, -0.2) is 9.37 Å². The molecule has 0 spiro atoms. The molecule has 0 fully saturated rings. The second-order valence-corrected chi connectivity index (χ2v) is 3.26. The minimum absolute atomic E-state index is 0.179. The van der Waals surface area contributed by atoms with E-state index in [9.17, 15) is 9.18 Å². The lowest BCUT2D eigenvalue weighted by Gasteiger charge is -2.06. The first-order chi connectivity index (χ1) is 7.65. The Hall–Kier alpha value is -2.17. The average Bonchev–Trinajstić information content (AvgIpc) is 2.22. The summed E-state index contributed by atoms with van der Waals surface area (Å²) in [7, 11) is 0. The second-order valence-electron chi connectivity index (χ2n) is 3.26. The zero-order valence-corrected chi connectivity index (χ0v) is 8.53. The van der Waals surface area contributed by atoms with Gasteiger partial charge in [0.2, 0.25) is 5.88 Å². The molecule has 1 aromatic heterocycles. The first-order valence-electron chi connectivity index (χ1n) is 4.64. The van der Waals surface area contributed by atoms with Crippen molar-refractivity contribution in [3.05, 3.63) is 52.3 Å². The topological polar surface area (TPSA) is 55.0 Å². The Balaban J connectivity index is 2.30. The lowest BCUT2D eigenvalue weighted by atomic mass is 10.2. The fraction of sp³-hybridized carbons (Fsp3) is 0.0909. The van der Waals surface area contributed by atoms with E-state index in [1.807, 2.05) is 0 Å². The Kier molecular flexibility index (Phi) is 2.68. The normalized spacial score (nSPS) is 10.1. The van der Waals surface area contributed by atoms with E-state index in [0.717, 1.165) is 0 Å². The first kappa shape index (κ1) is 10.4. The fourth-order valence-electron chi connectivity index (χ4n) is 1.25. The van der Waals surface area contributed by atoms with Crippen LogP contribution in [0.15, 0.2) is 35.4 Å². The highest BCUT2D eigenvalue weighted by Crippen LogP contribution is 2.22. The molecule has 2 aromatic rings. The van der Waals surface area contributed by atoms with Crippen molar-refractivity contribution >= 4 is 0 Å². The van der Waals surface area contributed by atoms with Gasteiger partial charge in [-0.05, 0) is 30.7 Å². The van der Waals surface area contributed by atoms with Gasteiger partial charge in [0.25, 0.3) is 5.56 Å². The molecule has 0 bridgehead atoms. The number of nitrogens with zero attached hydrogens (tertiary/aromatic N) is 1. The molecule has 5 heteroatoms. The summed E-state index contributed by atoms with van der Waals surface area (Å²) in [4.78, 5) is 17.2. The first-order valence-corrected chi connectivity index (χ1v) is 4.64. The Morgan fingerprint density at radius 3 is 2.88 bits per heavy atom. The maximum absolute atomic E-state index is 12.8. The van der Waals surface area contributed by atoms with Crippen molar-refractivity contribution in [3.63, 3.8) is 0 Å². The minimum atomic E-state index is -0.330. The third kappa shape index (κ3) is 2.25. The molecule has 0 unspecified atom stereocenters. The Morgan fingerprint density at radius 1 is 1.38 bits per heavy atom. The van der Waals surface area contributed by atoms with Gasteiger partial charge in [0.05, 0.1) is 12.4 Å². The van der Waals surface area contributed by atoms with Crippen LogP contribution in [0.2, 0.25) is 0 Å². The zero-order valence-electron chi connectivity index (χ0n) is 8.53. The van der Waals surface area contributed by atoms with Gasteiger partial charge >= 0.3 is 0 Å². The van der Waals surface area contributed by atoms with Crippen molar-refractivity contribution in [2.45, 2.75) is 6.92 Å². The second kappa shape index (κ2) is 4.14. The molecule has 4 nitrogen and oxygen atoms in total. The summed E-state index contributed by atoms with van der Waals surface area (Å²) in [6.07, 6.45) is 1.25. The number of ether oxygens (including phenoxy) is 1. The van der Waals surface area contributed by atoms with Crippen LogP contribution in [0.4, 0.5) is 4.39 Å². The summed E-state index contributed by atoms with van der Waals surface area (Å²) in [6, 6.07) is 5.36. The van der Waals surface area contributed by atoms with Crippen LogP contribution in [0, 0.1) is 12.7 Å². The van der Waals surface area contributed by atoms with E-state index in [2.05, 4.69) is 9.97 Å². The van der Waals surface area contributed by atoms with Gasteiger partial charge in [0.1, 0.15) is 11.6 Å². The molecule has 0 atom stereocenters. The number of halogens is 1. The molecule has 1 N–H and O–H groups in total. The predicted octanol–water partition coefficient (Wildman–Crippen LogP) is 2.01. The van der Waals surface area contributed by atoms with Gasteiger partial charge in [-0.1, -0.05) is 0 Å². The summed E-state index contributed by atoms with van der Waals surface area (Å²) in [5.41, 5.74) is 0.340. The summed E-state index contributed by atoms with van der Waals surface area (Å²) in [5.74, 6) is 0.321. The number of benzene rings is 1. The molecule has 0 saturated heterocycles. The summed E-state index contributed by atoms with van der Waals surface area (Å²) in [6.45, 7) is 1.71. The number of nitrogens with one attached hydrogen (secondary N) is 1. The average molecular weight is 220 g/mol. The van der Waals surface area contributed by atoms with E-state index < -0.39 is 0 Å². The summed E-state index contributed by atoms with van der Waals surface area (Å²) >= 11 is 0. The van der Waals surface area contributed by atoms with Crippen LogP contribution < -0.4 is 10.3 Å². The Morgan fingerprint density at radius 2 is 2.19 bits per heavy atom. The van der Waals surface area contributed by atoms with Gasteiger partial charge in [-0.15, -0.1) is 0 Å². The van der Waals surface area contributed by atoms with Crippen molar-refractivity contribution in [2.24, 2.45) is 0 Å². The molecular weight excluding hydrogens is 211 g/mol. The number of aromatic amines is 1. The van der Waals surface area contributed by atoms with Crippen LogP contribution in [0.5, 0.6) is 11.6 Å². The highest BCUT2D eigenvalue weighted by molar-refractivity contribution is 5.35. The van der Waals surface area contributed by atoms with Gasteiger partial charge in [0, 0.05) is 0 Å². The molecule has 0 aliphatic carbocycles. The van der Waals surface area contributed by atoms with E-state index >= 15 is 0 Å². The maximum atomic E-state index is 12.8. The van der Waals surface area contributed by atoms with Crippen LogP contribution in [0.1, 0.15) is 5.56 Å². The van der Waals surface area contributed by atoms with Crippen LogP contribution >= 0.6 is 0 Å². The number of rotatable bonds is 2. The molecule has 1 aromatic carbocycles. The molecule has 0 aliphatic heterocycles. The lowest BCUT2D eigenvalue weighted by Crippen LogP contribution is -2.04. The van der Waals surface area contributed by atoms with Gasteiger partial charge in [-0.3, -0.25) is 4.79 Å². The lowest BCUT2D eigenvalue weighted by molar-refractivity contribution is 0.455. The van der Waals surface area contributed by atoms with E-state index in [0.29, 0.717) is 11.3 Å². The van der Waals surface area contributed by atoms with Gasteiger partial charge in [-0.2, -0.15) is 0 Å².